The van der Waals surface area contributed by atoms with Gasteiger partial charge >= 0.3 is 10.8 Å². The first-order valence-corrected chi connectivity index (χ1v) is 9.05. The lowest BCUT2D eigenvalue weighted by atomic mass is 10.1. The molecule has 0 aliphatic rings. The predicted molar refractivity (Wildman–Crippen MR) is 99.3 cm³/mol. The fourth-order valence-corrected chi connectivity index (χ4v) is 3.38. The fraction of sp³-hybridized carbons (Fsp3) is 0.278. The molecule has 0 fully saturated rings. The molecule has 0 bridgehead atoms. The Labute approximate surface area is 153 Å². The number of H-pyrrole nitrogens is 1. The number of carbonyl (C=O) groups excluding carboxylic acids is 2. The number of benzene rings is 1. The van der Waals surface area contributed by atoms with Gasteiger partial charge in [-0.1, -0.05) is 29.5 Å². The molecule has 7 nitrogen and oxygen atoms in total. The number of thiazole rings is 1. The number of nitrogens with zero attached hydrogens (tertiary/aromatic N) is 1. The SMILES string of the molecule is Cc1csc(=O)n1CC(=O)OCC(=O)NCCc1c[nH]c2ccccc12. The van der Waals surface area contributed by atoms with E-state index in [2.05, 4.69) is 10.3 Å². The molecule has 26 heavy (non-hydrogen) atoms. The minimum atomic E-state index is -0.611. The van der Waals surface area contributed by atoms with Gasteiger partial charge in [-0.2, -0.15) is 0 Å². The first kappa shape index (κ1) is 17.9. The van der Waals surface area contributed by atoms with E-state index in [0.717, 1.165) is 27.8 Å². The van der Waals surface area contributed by atoms with Gasteiger partial charge in [0.05, 0.1) is 0 Å². The second-order valence-corrected chi connectivity index (χ2v) is 6.67. The summed E-state index contributed by atoms with van der Waals surface area (Å²) < 4.78 is 6.25. The normalized spacial score (nSPS) is 10.8. The highest BCUT2D eigenvalue weighted by atomic mass is 32.1. The summed E-state index contributed by atoms with van der Waals surface area (Å²) >= 11 is 1.03. The Kier molecular flexibility index (Phi) is 5.52. The number of aromatic amines is 1. The smallest absolute Gasteiger partial charge is 0.326 e. The lowest BCUT2D eigenvalue weighted by Gasteiger charge is -2.07. The van der Waals surface area contributed by atoms with Gasteiger partial charge < -0.3 is 15.0 Å². The zero-order valence-electron chi connectivity index (χ0n) is 14.3. The van der Waals surface area contributed by atoms with Crippen LogP contribution >= 0.6 is 11.3 Å². The summed E-state index contributed by atoms with van der Waals surface area (Å²) in [6.07, 6.45) is 2.60. The van der Waals surface area contributed by atoms with Gasteiger partial charge in [0.15, 0.2) is 6.61 Å². The Morgan fingerprint density at radius 2 is 2.12 bits per heavy atom. The number of ether oxygens (including phenoxy) is 1. The summed E-state index contributed by atoms with van der Waals surface area (Å²) in [4.78, 5) is 38.1. The minimum Gasteiger partial charge on any atom is -0.454 e. The maximum absolute atomic E-state index is 11.8. The quantitative estimate of drug-likeness (QED) is 0.615. The van der Waals surface area contributed by atoms with Gasteiger partial charge in [-0.05, 0) is 25.0 Å². The average molecular weight is 373 g/mol. The van der Waals surface area contributed by atoms with E-state index in [0.29, 0.717) is 18.7 Å². The number of carbonyl (C=O) groups is 2. The van der Waals surface area contributed by atoms with Gasteiger partial charge in [-0.15, -0.1) is 0 Å². The van der Waals surface area contributed by atoms with Crippen molar-refractivity contribution in [1.82, 2.24) is 14.9 Å². The van der Waals surface area contributed by atoms with E-state index in [1.165, 1.54) is 4.57 Å². The molecule has 1 amide bonds. The molecule has 136 valence electrons. The third-order valence-electron chi connectivity index (χ3n) is 4.02. The van der Waals surface area contributed by atoms with Gasteiger partial charge in [0.1, 0.15) is 6.54 Å². The van der Waals surface area contributed by atoms with Crippen molar-refractivity contribution in [1.29, 1.82) is 0 Å². The first-order chi connectivity index (χ1) is 12.5. The predicted octanol–water partition coefficient (Wildman–Crippen LogP) is 1.60. The molecule has 0 aliphatic carbocycles. The van der Waals surface area contributed by atoms with E-state index < -0.39 is 5.97 Å². The second kappa shape index (κ2) is 8.01. The molecule has 1 aromatic carbocycles. The zero-order valence-corrected chi connectivity index (χ0v) is 15.1. The first-order valence-electron chi connectivity index (χ1n) is 8.17. The lowest BCUT2D eigenvalue weighted by Crippen LogP contribution is -2.31. The summed E-state index contributed by atoms with van der Waals surface area (Å²) in [5, 5.41) is 5.53. The number of fused-ring (bicyclic) bond motifs is 1. The van der Waals surface area contributed by atoms with Crippen LogP contribution in [0.4, 0.5) is 0 Å². The van der Waals surface area contributed by atoms with Crippen LogP contribution in [0.1, 0.15) is 11.3 Å². The highest BCUT2D eigenvalue weighted by Crippen LogP contribution is 2.17. The number of aryl methyl sites for hydroxylation is 1. The molecule has 0 radical (unpaired) electrons. The maximum atomic E-state index is 11.8. The largest absolute Gasteiger partial charge is 0.454 e. The second-order valence-electron chi connectivity index (χ2n) is 5.85. The molecular formula is C18H19N3O4S. The minimum absolute atomic E-state index is 0.184. The van der Waals surface area contributed by atoms with E-state index in [1.807, 2.05) is 30.5 Å². The Hall–Kier alpha value is -2.87. The Bertz CT molecular complexity index is 986. The zero-order chi connectivity index (χ0) is 18.5. The lowest BCUT2D eigenvalue weighted by molar-refractivity contribution is -0.149. The van der Waals surface area contributed by atoms with Crippen molar-refractivity contribution in [2.75, 3.05) is 13.2 Å². The van der Waals surface area contributed by atoms with Crippen molar-refractivity contribution in [3.8, 4) is 0 Å². The Morgan fingerprint density at radius 1 is 1.31 bits per heavy atom. The molecule has 8 heteroatoms. The molecule has 2 aromatic heterocycles. The summed E-state index contributed by atoms with van der Waals surface area (Å²) in [5.74, 6) is -0.979. The third-order valence-corrected chi connectivity index (χ3v) is 4.90. The van der Waals surface area contributed by atoms with E-state index in [9.17, 15) is 14.4 Å². The number of hydrogen-bond donors (Lipinski definition) is 2. The van der Waals surface area contributed by atoms with E-state index in [1.54, 1.807) is 12.3 Å². The highest BCUT2D eigenvalue weighted by molar-refractivity contribution is 7.07. The molecule has 0 atom stereocenters. The van der Waals surface area contributed by atoms with Gasteiger partial charge in [-0.25, -0.2) is 0 Å². The van der Waals surface area contributed by atoms with E-state index in [-0.39, 0.29) is 23.9 Å². The van der Waals surface area contributed by atoms with Crippen LogP contribution in [0.5, 0.6) is 0 Å². The summed E-state index contributed by atoms with van der Waals surface area (Å²) in [7, 11) is 0. The van der Waals surface area contributed by atoms with Gasteiger partial charge in [0.25, 0.3) is 5.91 Å². The number of esters is 1. The van der Waals surface area contributed by atoms with Crippen LogP contribution in [0.3, 0.4) is 0 Å². The summed E-state index contributed by atoms with van der Waals surface area (Å²) in [6, 6.07) is 7.96. The molecule has 2 N–H and O–H groups in total. The van der Waals surface area contributed by atoms with Crippen molar-refractivity contribution in [2.45, 2.75) is 19.9 Å². The van der Waals surface area contributed by atoms with Crippen molar-refractivity contribution in [3.05, 3.63) is 56.8 Å². The number of amides is 1. The van der Waals surface area contributed by atoms with Crippen LogP contribution in [0.25, 0.3) is 10.9 Å². The van der Waals surface area contributed by atoms with Crippen LogP contribution in [0, 0.1) is 6.92 Å². The summed E-state index contributed by atoms with van der Waals surface area (Å²) in [5.41, 5.74) is 2.87. The number of aromatic nitrogens is 2. The monoisotopic (exact) mass is 373 g/mol. The van der Waals surface area contributed by atoms with Crippen LogP contribution in [-0.2, 0) is 27.3 Å². The number of para-hydroxylation sites is 1. The van der Waals surface area contributed by atoms with Crippen molar-refractivity contribution in [2.24, 2.45) is 0 Å². The average Bonchev–Trinajstić information content (AvgIpc) is 3.18. The van der Waals surface area contributed by atoms with Crippen LogP contribution in [0.15, 0.2) is 40.6 Å². The number of hydrogen-bond acceptors (Lipinski definition) is 5. The molecule has 2 heterocycles. The number of nitrogens with one attached hydrogen (secondary N) is 2. The Morgan fingerprint density at radius 3 is 2.88 bits per heavy atom. The number of rotatable bonds is 7. The van der Waals surface area contributed by atoms with Crippen molar-refractivity contribution < 1.29 is 14.3 Å². The molecule has 0 aliphatic heterocycles. The van der Waals surface area contributed by atoms with Crippen LogP contribution < -0.4 is 10.2 Å². The highest BCUT2D eigenvalue weighted by Gasteiger charge is 2.11. The van der Waals surface area contributed by atoms with Crippen LogP contribution in [0.2, 0.25) is 0 Å². The van der Waals surface area contributed by atoms with Crippen molar-refractivity contribution in [3.63, 3.8) is 0 Å². The topological polar surface area (TPSA) is 93.2 Å². The van der Waals surface area contributed by atoms with Gasteiger partial charge in [-0.3, -0.25) is 19.0 Å². The van der Waals surface area contributed by atoms with E-state index in [4.69, 9.17) is 4.74 Å². The maximum Gasteiger partial charge on any atom is 0.326 e. The van der Waals surface area contributed by atoms with Gasteiger partial charge in [0, 0.05) is 34.7 Å². The molecule has 3 aromatic rings. The molecule has 0 saturated carbocycles. The van der Waals surface area contributed by atoms with Crippen LogP contribution in [-0.4, -0.2) is 34.6 Å². The molecular weight excluding hydrogens is 354 g/mol. The molecule has 3 rings (SSSR count). The third kappa shape index (κ3) is 4.20. The summed E-state index contributed by atoms with van der Waals surface area (Å²) in [6.45, 7) is 1.64. The molecule has 0 saturated heterocycles. The molecule has 0 spiro atoms. The van der Waals surface area contributed by atoms with Crippen molar-refractivity contribution >= 4 is 34.1 Å². The van der Waals surface area contributed by atoms with E-state index >= 15 is 0 Å². The molecule has 0 unspecified atom stereocenters. The van der Waals surface area contributed by atoms with Gasteiger partial charge in [0.2, 0.25) is 0 Å². The Balaban J connectivity index is 1.41. The fourth-order valence-electron chi connectivity index (χ4n) is 2.64. The standard InChI is InChI=1S/C18H19N3O4S/c1-12-11-26-18(24)21(12)9-17(23)25-10-16(22)19-7-6-13-8-20-15-5-3-2-4-14(13)15/h2-5,8,11,20H,6-7,9-10H2,1H3,(H,19,22).